The third-order valence-corrected chi connectivity index (χ3v) is 3.23. The van der Waals surface area contributed by atoms with Gasteiger partial charge in [-0.05, 0) is 37.6 Å². The number of nitrogens with two attached hydrogens (primary N) is 1. The maximum absolute atomic E-state index is 12.1. The number of carbonyl (C=O) groups is 1. The van der Waals surface area contributed by atoms with E-state index in [0.717, 1.165) is 15.6 Å². The molecular weight excluding hydrogens is 268 g/mol. The Bertz CT molecular complexity index is 393. The summed E-state index contributed by atoms with van der Waals surface area (Å²) in [6.07, 6.45) is 0. The molecule has 0 saturated carbocycles. The first-order valence-electron chi connectivity index (χ1n) is 5.20. The lowest BCUT2D eigenvalue weighted by atomic mass is 10.1. The number of nitrogens with zero attached hydrogens (tertiary/aromatic N) is 1. The fourth-order valence-electron chi connectivity index (χ4n) is 1.42. The van der Waals surface area contributed by atoms with E-state index in [9.17, 15) is 4.79 Å². The molecule has 16 heavy (non-hydrogen) atoms. The smallest absolute Gasteiger partial charge is 0.254 e. The standard InChI is InChI=1S/C12H17BrN2O/c1-8-6-10(13)4-5-11(8)12(16)15(3)9(2)7-14/h4-6,9H,7,14H2,1-3H3. The Balaban J connectivity index is 2.96. The Morgan fingerprint density at radius 3 is 2.69 bits per heavy atom. The second-order valence-electron chi connectivity index (χ2n) is 3.96. The van der Waals surface area contributed by atoms with E-state index in [1.165, 1.54) is 0 Å². The van der Waals surface area contributed by atoms with Crippen molar-refractivity contribution in [3.05, 3.63) is 33.8 Å². The Morgan fingerprint density at radius 2 is 2.19 bits per heavy atom. The van der Waals surface area contributed by atoms with Gasteiger partial charge in [-0.3, -0.25) is 4.79 Å². The first-order chi connectivity index (χ1) is 7.47. The minimum absolute atomic E-state index is 0.0166. The van der Waals surface area contributed by atoms with Crippen molar-refractivity contribution in [3.63, 3.8) is 0 Å². The number of carbonyl (C=O) groups excluding carboxylic acids is 1. The third kappa shape index (κ3) is 2.83. The van der Waals surface area contributed by atoms with E-state index in [2.05, 4.69) is 15.9 Å². The summed E-state index contributed by atoms with van der Waals surface area (Å²) >= 11 is 3.38. The lowest BCUT2D eigenvalue weighted by Gasteiger charge is -2.24. The van der Waals surface area contributed by atoms with E-state index in [4.69, 9.17) is 5.73 Å². The third-order valence-electron chi connectivity index (χ3n) is 2.74. The summed E-state index contributed by atoms with van der Waals surface area (Å²) in [7, 11) is 1.78. The number of halogens is 1. The molecule has 0 bridgehead atoms. The molecule has 1 unspecified atom stereocenters. The van der Waals surface area contributed by atoms with Gasteiger partial charge in [0, 0.05) is 29.7 Å². The van der Waals surface area contributed by atoms with E-state index in [1.807, 2.05) is 32.0 Å². The van der Waals surface area contributed by atoms with Gasteiger partial charge in [-0.25, -0.2) is 0 Å². The average molecular weight is 285 g/mol. The molecule has 0 saturated heterocycles. The molecule has 0 aromatic heterocycles. The summed E-state index contributed by atoms with van der Waals surface area (Å²) in [4.78, 5) is 13.8. The molecule has 0 spiro atoms. The molecule has 0 radical (unpaired) electrons. The number of hydrogen-bond donors (Lipinski definition) is 1. The normalized spacial score (nSPS) is 12.3. The van der Waals surface area contributed by atoms with Crippen molar-refractivity contribution in [2.45, 2.75) is 19.9 Å². The number of amides is 1. The van der Waals surface area contributed by atoms with Crippen molar-refractivity contribution in [2.24, 2.45) is 5.73 Å². The van der Waals surface area contributed by atoms with E-state index in [0.29, 0.717) is 6.54 Å². The molecule has 2 N–H and O–H groups in total. The van der Waals surface area contributed by atoms with E-state index >= 15 is 0 Å². The summed E-state index contributed by atoms with van der Waals surface area (Å²) in [6.45, 7) is 4.34. The summed E-state index contributed by atoms with van der Waals surface area (Å²) in [5, 5.41) is 0. The number of aryl methyl sites for hydroxylation is 1. The average Bonchev–Trinajstić information content (AvgIpc) is 2.26. The molecule has 0 aliphatic rings. The van der Waals surface area contributed by atoms with Crippen molar-refractivity contribution >= 4 is 21.8 Å². The van der Waals surface area contributed by atoms with Gasteiger partial charge in [0.05, 0.1) is 0 Å². The van der Waals surface area contributed by atoms with Gasteiger partial charge in [0.15, 0.2) is 0 Å². The van der Waals surface area contributed by atoms with Crippen molar-refractivity contribution in [3.8, 4) is 0 Å². The largest absolute Gasteiger partial charge is 0.338 e. The van der Waals surface area contributed by atoms with Crippen LogP contribution in [0, 0.1) is 6.92 Å². The summed E-state index contributed by atoms with van der Waals surface area (Å²) < 4.78 is 0.982. The molecule has 0 fully saturated rings. The van der Waals surface area contributed by atoms with Crippen LogP contribution in [0.5, 0.6) is 0 Å². The lowest BCUT2D eigenvalue weighted by molar-refractivity contribution is 0.0747. The quantitative estimate of drug-likeness (QED) is 0.925. The van der Waals surface area contributed by atoms with Crippen LogP contribution in [-0.2, 0) is 0 Å². The molecule has 1 aromatic rings. The van der Waals surface area contributed by atoms with E-state index in [1.54, 1.807) is 11.9 Å². The zero-order valence-electron chi connectivity index (χ0n) is 9.83. The van der Waals surface area contributed by atoms with Crippen molar-refractivity contribution in [1.82, 2.24) is 4.90 Å². The number of likely N-dealkylation sites (N-methyl/N-ethyl adjacent to an activating group) is 1. The van der Waals surface area contributed by atoms with Gasteiger partial charge in [-0.15, -0.1) is 0 Å². The second-order valence-corrected chi connectivity index (χ2v) is 4.88. The highest BCUT2D eigenvalue weighted by Crippen LogP contribution is 2.17. The summed E-state index contributed by atoms with van der Waals surface area (Å²) in [6, 6.07) is 5.70. The van der Waals surface area contributed by atoms with Crippen LogP contribution in [0.1, 0.15) is 22.8 Å². The zero-order chi connectivity index (χ0) is 12.3. The van der Waals surface area contributed by atoms with Gasteiger partial charge < -0.3 is 10.6 Å². The predicted molar refractivity (Wildman–Crippen MR) is 69.5 cm³/mol. The molecule has 0 aliphatic carbocycles. The van der Waals surface area contributed by atoms with Crippen LogP contribution in [0.3, 0.4) is 0 Å². The van der Waals surface area contributed by atoms with Crippen molar-refractivity contribution in [1.29, 1.82) is 0 Å². The SMILES string of the molecule is Cc1cc(Br)ccc1C(=O)N(C)C(C)CN. The van der Waals surface area contributed by atoms with Gasteiger partial charge in [-0.1, -0.05) is 15.9 Å². The first kappa shape index (κ1) is 13.2. The molecule has 0 aliphatic heterocycles. The van der Waals surface area contributed by atoms with E-state index < -0.39 is 0 Å². The molecule has 1 rings (SSSR count). The molecule has 0 heterocycles. The maximum atomic E-state index is 12.1. The molecule has 1 aromatic carbocycles. The van der Waals surface area contributed by atoms with Gasteiger partial charge in [0.25, 0.3) is 5.91 Å². The summed E-state index contributed by atoms with van der Waals surface area (Å²) in [5.41, 5.74) is 7.25. The Kier molecular flexibility index (Phi) is 4.50. The van der Waals surface area contributed by atoms with Gasteiger partial charge >= 0.3 is 0 Å². The van der Waals surface area contributed by atoms with Crippen molar-refractivity contribution in [2.75, 3.05) is 13.6 Å². The molecule has 3 nitrogen and oxygen atoms in total. The fraction of sp³-hybridized carbons (Fsp3) is 0.417. The van der Waals surface area contributed by atoms with Crippen LogP contribution in [0.15, 0.2) is 22.7 Å². The maximum Gasteiger partial charge on any atom is 0.254 e. The van der Waals surface area contributed by atoms with Crippen LogP contribution < -0.4 is 5.73 Å². The Hall–Kier alpha value is -0.870. The number of benzene rings is 1. The molecule has 88 valence electrons. The highest BCUT2D eigenvalue weighted by Gasteiger charge is 2.17. The van der Waals surface area contributed by atoms with Crippen LogP contribution in [0.4, 0.5) is 0 Å². The fourth-order valence-corrected chi connectivity index (χ4v) is 1.89. The monoisotopic (exact) mass is 284 g/mol. The second kappa shape index (κ2) is 5.46. The van der Waals surface area contributed by atoms with Gasteiger partial charge in [0.1, 0.15) is 0 Å². The van der Waals surface area contributed by atoms with Crippen LogP contribution in [0.2, 0.25) is 0 Å². The van der Waals surface area contributed by atoms with Gasteiger partial charge in [0.2, 0.25) is 0 Å². The highest BCUT2D eigenvalue weighted by atomic mass is 79.9. The lowest BCUT2D eigenvalue weighted by Crippen LogP contribution is -2.39. The Morgan fingerprint density at radius 1 is 1.56 bits per heavy atom. The van der Waals surface area contributed by atoms with Gasteiger partial charge in [-0.2, -0.15) is 0 Å². The molecule has 1 atom stereocenters. The molecule has 1 amide bonds. The first-order valence-corrected chi connectivity index (χ1v) is 6.00. The van der Waals surface area contributed by atoms with Crippen LogP contribution in [0.25, 0.3) is 0 Å². The zero-order valence-corrected chi connectivity index (χ0v) is 11.4. The molecule has 4 heteroatoms. The van der Waals surface area contributed by atoms with Crippen molar-refractivity contribution < 1.29 is 4.79 Å². The number of hydrogen-bond acceptors (Lipinski definition) is 2. The Labute approximate surface area is 105 Å². The summed E-state index contributed by atoms with van der Waals surface area (Å²) in [5.74, 6) is 0.0166. The topological polar surface area (TPSA) is 46.3 Å². The predicted octanol–water partition coefficient (Wildman–Crippen LogP) is 2.18. The van der Waals surface area contributed by atoms with Crippen LogP contribution in [-0.4, -0.2) is 30.4 Å². The van der Waals surface area contributed by atoms with Crippen LogP contribution >= 0.6 is 15.9 Å². The minimum Gasteiger partial charge on any atom is -0.338 e. The molecular formula is C12H17BrN2O. The minimum atomic E-state index is 0.0166. The highest BCUT2D eigenvalue weighted by molar-refractivity contribution is 9.10. The van der Waals surface area contributed by atoms with E-state index in [-0.39, 0.29) is 11.9 Å². The number of rotatable bonds is 3.